The number of likely N-dealkylation sites (N-methyl/N-ethyl adjacent to an activating group) is 2. The van der Waals surface area contributed by atoms with Crippen LogP contribution < -0.4 is 15.0 Å². The summed E-state index contributed by atoms with van der Waals surface area (Å²) in [6, 6.07) is 8.05. The van der Waals surface area contributed by atoms with Gasteiger partial charge in [0.25, 0.3) is 0 Å². The van der Waals surface area contributed by atoms with Crippen LogP contribution in [0.25, 0.3) is 0 Å². The van der Waals surface area contributed by atoms with Crippen LogP contribution in [0, 0.1) is 0 Å². The minimum atomic E-state index is 0.735. The lowest BCUT2D eigenvalue weighted by Crippen LogP contribution is -2.31. The summed E-state index contributed by atoms with van der Waals surface area (Å²) < 4.78 is 9.75. The van der Waals surface area contributed by atoms with E-state index >= 15 is 0 Å². The van der Waals surface area contributed by atoms with Crippen LogP contribution in [-0.2, 0) is 6.42 Å². The first-order chi connectivity index (χ1) is 10.8. The molecule has 6 heteroatoms. The van der Waals surface area contributed by atoms with Crippen LogP contribution in [0.4, 0.5) is 5.13 Å². The van der Waals surface area contributed by atoms with Crippen molar-refractivity contribution in [2.45, 2.75) is 20.3 Å². The van der Waals surface area contributed by atoms with E-state index in [-0.39, 0.29) is 0 Å². The number of rotatable bonds is 9. The first kappa shape index (κ1) is 16.7. The van der Waals surface area contributed by atoms with Crippen LogP contribution in [0.3, 0.4) is 0 Å². The number of benzene rings is 1. The van der Waals surface area contributed by atoms with E-state index in [1.54, 1.807) is 7.11 Å². The fourth-order valence-electron chi connectivity index (χ4n) is 2.19. The fourth-order valence-corrected chi connectivity index (χ4v) is 2.96. The van der Waals surface area contributed by atoms with Crippen molar-refractivity contribution >= 4 is 16.7 Å². The average molecular weight is 320 g/mol. The first-order valence-corrected chi connectivity index (χ1v) is 8.45. The molecular weight excluding hydrogens is 296 g/mol. The Morgan fingerprint density at radius 1 is 1.32 bits per heavy atom. The van der Waals surface area contributed by atoms with Crippen LogP contribution in [0.1, 0.15) is 25.2 Å². The molecule has 22 heavy (non-hydrogen) atoms. The molecule has 0 aliphatic heterocycles. The molecule has 0 fully saturated rings. The Bertz CT molecular complexity index is 573. The zero-order valence-electron chi connectivity index (χ0n) is 13.5. The Kier molecular flexibility index (Phi) is 6.61. The van der Waals surface area contributed by atoms with Crippen molar-refractivity contribution in [3.05, 3.63) is 35.7 Å². The summed E-state index contributed by atoms with van der Waals surface area (Å²) >= 11 is 1.48. The highest BCUT2D eigenvalue weighted by atomic mass is 32.1. The van der Waals surface area contributed by atoms with Crippen molar-refractivity contribution < 1.29 is 4.74 Å². The summed E-state index contributed by atoms with van der Waals surface area (Å²) in [5.74, 6) is 1.74. The second-order valence-electron chi connectivity index (χ2n) is 4.95. The van der Waals surface area contributed by atoms with E-state index in [2.05, 4.69) is 39.5 Å². The second-order valence-corrected chi connectivity index (χ2v) is 5.69. The van der Waals surface area contributed by atoms with Crippen molar-refractivity contribution in [1.82, 2.24) is 14.7 Å². The largest absolute Gasteiger partial charge is 0.497 e. The lowest BCUT2D eigenvalue weighted by molar-refractivity contribution is 0.414. The molecule has 1 N–H and O–H groups in total. The van der Waals surface area contributed by atoms with Gasteiger partial charge in [0.1, 0.15) is 11.6 Å². The van der Waals surface area contributed by atoms with Gasteiger partial charge in [-0.2, -0.15) is 4.37 Å². The van der Waals surface area contributed by atoms with Crippen LogP contribution in [0.5, 0.6) is 5.75 Å². The third kappa shape index (κ3) is 4.68. The predicted octanol–water partition coefficient (Wildman–Crippen LogP) is 2.57. The highest BCUT2D eigenvalue weighted by molar-refractivity contribution is 7.09. The number of hydrogen-bond acceptors (Lipinski definition) is 6. The molecule has 0 bridgehead atoms. The average Bonchev–Trinajstić information content (AvgIpc) is 3.00. The van der Waals surface area contributed by atoms with Gasteiger partial charge in [-0.25, -0.2) is 4.98 Å². The number of hydrogen-bond donors (Lipinski definition) is 1. The highest BCUT2D eigenvalue weighted by Crippen LogP contribution is 2.20. The van der Waals surface area contributed by atoms with Gasteiger partial charge in [-0.15, -0.1) is 0 Å². The number of anilines is 1. The summed E-state index contributed by atoms with van der Waals surface area (Å²) in [6.45, 7) is 8.13. The molecule has 120 valence electrons. The molecule has 1 heterocycles. The van der Waals surface area contributed by atoms with Crippen LogP contribution in [0.2, 0.25) is 0 Å². The maximum absolute atomic E-state index is 5.25. The standard InChI is InChI=1S/C16H24N4OS/c1-4-17-9-10-20(5-2)16-18-15(19-22-16)12-13-7-6-8-14(11-13)21-3/h6-8,11,17H,4-5,9-10,12H2,1-3H3. The van der Waals surface area contributed by atoms with Crippen molar-refractivity contribution in [1.29, 1.82) is 0 Å². The predicted molar refractivity (Wildman–Crippen MR) is 92.1 cm³/mol. The van der Waals surface area contributed by atoms with Crippen LogP contribution >= 0.6 is 11.5 Å². The first-order valence-electron chi connectivity index (χ1n) is 7.68. The Labute approximate surface area is 136 Å². The number of methoxy groups -OCH3 is 1. The molecule has 0 amide bonds. The van der Waals surface area contributed by atoms with E-state index in [0.29, 0.717) is 0 Å². The zero-order chi connectivity index (χ0) is 15.8. The molecule has 0 saturated heterocycles. The third-order valence-electron chi connectivity index (χ3n) is 3.41. The molecule has 0 atom stereocenters. The number of ether oxygens (including phenoxy) is 1. The lowest BCUT2D eigenvalue weighted by atomic mass is 10.1. The molecule has 1 aromatic heterocycles. The van der Waals surface area contributed by atoms with Crippen molar-refractivity contribution in [2.24, 2.45) is 0 Å². The van der Waals surface area contributed by atoms with Crippen LogP contribution in [0.15, 0.2) is 24.3 Å². The molecule has 2 aromatic rings. The van der Waals surface area contributed by atoms with Crippen molar-refractivity contribution in [3.63, 3.8) is 0 Å². The van der Waals surface area contributed by atoms with Gasteiger partial charge in [-0.3, -0.25) is 0 Å². The van der Waals surface area contributed by atoms with E-state index in [1.807, 2.05) is 18.2 Å². The van der Waals surface area contributed by atoms with Gasteiger partial charge in [0.15, 0.2) is 0 Å². The summed E-state index contributed by atoms with van der Waals surface area (Å²) in [7, 11) is 1.68. The second kappa shape index (κ2) is 8.70. The van der Waals surface area contributed by atoms with Gasteiger partial charge in [0, 0.05) is 37.6 Å². The molecule has 0 spiro atoms. The normalized spacial score (nSPS) is 10.7. The Hall–Kier alpha value is -1.66. The Morgan fingerprint density at radius 2 is 2.18 bits per heavy atom. The van der Waals surface area contributed by atoms with Gasteiger partial charge in [0.05, 0.1) is 7.11 Å². The van der Waals surface area contributed by atoms with Gasteiger partial charge in [0.2, 0.25) is 5.13 Å². The maximum atomic E-state index is 5.25. The van der Waals surface area contributed by atoms with Crippen molar-refractivity contribution in [3.8, 4) is 5.75 Å². The summed E-state index contributed by atoms with van der Waals surface area (Å²) in [5, 5.41) is 4.34. The molecule has 0 aliphatic rings. The topological polar surface area (TPSA) is 50.3 Å². The smallest absolute Gasteiger partial charge is 0.205 e. The van der Waals surface area contributed by atoms with E-state index in [0.717, 1.165) is 49.3 Å². The Morgan fingerprint density at radius 3 is 2.91 bits per heavy atom. The monoisotopic (exact) mass is 320 g/mol. The minimum Gasteiger partial charge on any atom is -0.497 e. The highest BCUT2D eigenvalue weighted by Gasteiger charge is 2.11. The molecule has 0 radical (unpaired) electrons. The van der Waals surface area contributed by atoms with Gasteiger partial charge >= 0.3 is 0 Å². The molecule has 2 rings (SSSR count). The third-order valence-corrected chi connectivity index (χ3v) is 4.23. The minimum absolute atomic E-state index is 0.735. The van der Waals surface area contributed by atoms with Crippen molar-refractivity contribution in [2.75, 3.05) is 38.2 Å². The molecule has 5 nitrogen and oxygen atoms in total. The van der Waals surface area contributed by atoms with Gasteiger partial charge < -0.3 is 15.0 Å². The molecular formula is C16H24N4OS. The quantitative estimate of drug-likeness (QED) is 0.720. The van der Waals surface area contributed by atoms with Gasteiger partial charge in [-0.05, 0) is 31.2 Å². The number of aromatic nitrogens is 2. The Balaban J connectivity index is 2.00. The fraction of sp³-hybridized carbons (Fsp3) is 0.500. The maximum Gasteiger partial charge on any atom is 0.205 e. The SMILES string of the molecule is CCNCCN(CC)c1nc(Cc2cccc(OC)c2)ns1. The number of nitrogens with zero attached hydrogens (tertiary/aromatic N) is 3. The molecule has 0 unspecified atom stereocenters. The molecule has 0 aliphatic carbocycles. The molecule has 1 aromatic carbocycles. The van der Waals surface area contributed by atoms with Crippen LogP contribution in [-0.4, -0.2) is 42.6 Å². The summed E-state index contributed by atoms with van der Waals surface area (Å²) in [4.78, 5) is 6.94. The number of nitrogens with one attached hydrogen (secondary N) is 1. The molecule has 0 saturated carbocycles. The van der Waals surface area contributed by atoms with E-state index < -0.39 is 0 Å². The lowest BCUT2D eigenvalue weighted by Gasteiger charge is -2.18. The van der Waals surface area contributed by atoms with Gasteiger partial charge in [-0.1, -0.05) is 19.1 Å². The van der Waals surface area contributed by atoms with E-state index in [4.69, 9.17) is 4.74 Å². The zero-order valence-corrected chi connectivity index (χ0v) is 14.3. The van der Waals surface area contributed by atoms with E-state index in [1.165, 1.54) is 17.1 Å². The van der Waals surface area contributed by atoms with E-state index in [9.17, 15) is 0 Å². The summed E-state index contributed by atoms with van der Waals surface area (Å²) in [5.41, 5.74) is 1.17. The summed E-state index contributed by atoms with van der Waals surface area (Å²) in [6.07, 6.45) is 0.735.